The minimum absolute atomic E-state index is 0.0110. The van der Waals surface area contributed by atoms with Crippen LogP contribution < -0.4 is 5.32 Å². The highest BCUT2D eigenvalue weighted by Crippen LogP contribution is 2.20. The minimum Gasteiger partial charge on any atom is -0.356 e. The molecule has 2 heterocycles. The van der Waals surface area contributed by atoms with Crippen molar-refractivity contribution < 1.29 is 4.79 Å². The molecule has 0 spiro atoms. The van der Waals surface area contributed by atoms with E-state index in [1.807, 2.05) is 37.4 Å². The number of rotatable bonds is 8. The third kappa shape index (κ3) is 5.60. The SMILES string of the molecule is C=C(C)CC(C)C(=O)NCCCc1nc(-c2ccccn2)cs1. The number of aromatic nitrogens is 2. The number of carbonyl (C=O) groups excluding carboxylic acids is 1. The van der Waals surface area contributed by atoms with E-state index in [4.69, 9.17) is 0 Å². The lowest BCUT2D eigenvalue weighted by atomic mass is 10.0. The van der Waals surface area contributed by atoms with E-state index < -0.39 is 0 Å². The standard InChI is InChI=1S/C18H23N3OS/c1-13(2)11-14(3)18(22)20-10-6-8-17-21-16(12-23-17)15-7-4-5-9-19-15/h4-5,7,9,12,14H,1,6,8,10-11H2,2-3H3,(H,20,22). The molecule has 0 aliphatic heterocycles. The Morgan fingerprint density at radius 3 is 2.91 bits per heavy atom. The van der Waals surface area contributed by atoms with Crippen LogP contribution in [0.25, 0.3) is 11.4 Å². The van der Waals surface area contributed by atoms with Gasteiger partial charge in [-0.25, -0.2) is 4.98 Å². The monoisotopic (exact) mass is 329 g/mol. The number of aryl methyl sites for hydroxylation is 1. The lowest BCUT2D eigenvalue weighted by molar-refractivity contribution is -0.124. The van der Waals surface area contributed by atoms with Crippen molar-refractivity contribution in [3.63, 3.8) is 0 Å². The van der Waals surface area contributed by atoms with Crippen LogP contribution in [0.2, 0.25) is 0 Å². The molecule has 0 bridgehead atoms. The molecule has 1 atom stereocenters. The number of allylic oxidation sites excluding steroid dienone is 1. The number of carbonyl (C=O) groups is 1. The van der Waals surface area contributed by atoms with Gasteiger partial charge in [-0.1, -0.05) is 18.6 Å². The van der Waals surface area contributed by atoms with Crippen molar-refractivity contribution in [2.45, 2.75) is 33.1 Å². The van der Waals surface area contributed by atoms with Crippen LogP contribution in [0.1, 0.15) is 31.7 Å². The van der Waals surface area contributed by atoms with Gasteiger partial charge in [0.1, 0.15) is 0 Å². The van der Waals surface area contributed by atoms with Crippen LogP contribution in [0.15, 0.2) is 41.9 Å². The van der Waals surface area contributed by atoms with E-state index in [1.165, 1.54) is 0 Å². The van der Waals surface area contributed by atoms with Gasteiger partial charge in [-0.05, 0) is 31.9 Å². The maximum Gasteiger partial charge on any atom is 0.223 e. The van der Waals surface area contributed by atoms with Crippen molar-refractivity contribution in [1.82, 2.24) is 15.3 Å². The van der Waals surface area contributed by atoms with Crippen LogP contribution in [0.3, 0.4) is 0 Å². The molecule has 2 rings (SSSR count). The average Bonchev–Trinajstić information content (AvgIpc) is 3.00. The highest BCUT2D eigenvalue weighted by Gasteiger charge is 2.12. The van der Waals surface area contributed by atoms with Crippen LogP contribution in [-0.4, -0.2) is 22.4 Å². The first-order valence-electron chi connectivity index (χ1n) is 7.84. The topological polar surface area (TPSA) is 54.9 Å². The van der Waals surface area contributed by atoms with Gasteiger partial charge in [0.25, 0.3) is 0 Å². The van der Waals surface area contributed by atoms with E-state index in [0.717, 1.165) is 41.2 Å². The summed E-state index contributed by atoms with van der Waals surface area (Å²) in [5, 5.41) is 6.09. The third-order valence-corrected chi connectivity index (χ3v) is 4.36. The number of nitrogens with one attached hydrogen (secondary N) is 1. The van der Waals surface area contributed by atoms with Crippen LogP contribution in [0.5, 0.6) is 0 Å². The van der Waals surface area contributed by atoms with Crippen LogP contribution in [0, 0.1) is 5.92 Å². The van der Waals surface area contributed by atoms with Crippen molar-refractivity contribution in [1.29, 1.82) is 0 Å². The second-order valence-corrected chi connectivity index (χ2v) is 6.74. The van der Waals surface area contributed by atoms with Gasteiger partial charge in [0.05, 0.1) is 16.4 Å². The molecular weight excluding hydrogens is 306 g/mol. The third-order valence-electron chi connectivity index (χ3n) is 3.45. The highest BCUT2D eigenvalue weighted by atomic mass is 32.1. The van der Waals surface area contributed by atoms with E-state index in [1.54, 1.807) is 17.5 Å². The maximum absolute atomic E-state index is 11.9. The number of amides is 1. The van der Waals surface area contributed by atoms with Gasteiger partial charge in [-0.15, -0.1) is 17.9 Å². The Morgan fingerprint density at radius 2 is 2.22 bits per heavy atom. The highest BCUT2D eigenvalue weighted by molar-refractivity contribution is 7.09. The van der Waals surface area contributed by atoms with Crippen LogP contribution in [0.4, 0.5) is 0 Å². The Labute approximate surface area is 141 Å². The lowest BCUT2D eigenvalue weighted by Crippen LogP contribution is -2.30. The molecule has 2 aromatic heterocycles. The molecule has 2 aromatic rings. The largest absolute Gasteiger partial charge is 0.356 e. The van der Waals surface area contributed by atoms with Crippen molar-refractivity contribution >= 4 is 17.2 Å². The predicted molar refractivity (Wildman–Crippen MR) is 95.3 cm³/mol. The first-order chi connectivity index (χ1) is 11.1. The summed E-state index contributed by atoms with van der Waals surface area (Å²) in [6, 6.07) is 5.82. The molecule has 0 aliphatic carbocycles. The quantitative estimate of drug-likeness (QED) is 0.591. The summed E-state index contributed by atoms with van der Waals surface area (Å²) in [5.41, 5.74) is 2.86. The van der Waals surface area contributed by atoms with Gasteiger partial charge in [-0.3, -0.25) is 9.78 Å². The van der Waals surface area contributed by atoms with E-state index in [9.17, 15) is 4.79 Å². The Morgan fingerprint density at radius 1 is 1.39 bits per heavy atom. The fraction of sp³-hybridized carbons (Fsp3) is 0.389. The maximum atomic E-state index is 11.9. The number of pyridine rings is 1. The van der Waals surface area contributed by atoms with E-state index in [0.29, 0.717) is 6.54 Å². The number of thiazole rings is 1. The van der Waals surface area contributed by atoms with Gasteiger partial charge in [0.15, 0.2) is 0 Å². The Kier molecular flexibility index (Phi) is 6.47. The van der Waals surface area contributed by atoms with Gasteiger partial charge in [0, 0.05) is 30.5 Å². The fourth-order valence-electron chi connectivity index (χ4n) is 2.30. The molecule has 122 valence electrons. The minimum atomic E-state index is -0.0110. The molecule has 0 saturated carbocycles. The first kappa shape index (κ1) is 17.3. The molecule has 0 radical (unpaired) electrons. The Balaban J connectivity index is 1.74. The summed E-state index contributed by atoms with van der Waals surface area (Å²) < 4.78 is 0. The summed E-state index contributed by atoms with van der Waals surface area (Å²) in [6.07, 6.45) is 4.27. The molecule has 1 N–H and O–H groups in total. The summed E-state index contributed by atoms with van der Waals surface area (Å²) in [5.74, 6) is 0.0874. The number of nitrogens with zero attached hydrogens (tertiary/aromatic N) is 2. The van der Waals surface area contributed by atoms with Crippen molar-refractivity contribution in [2.24, 2.45) is 5.92 Å². The molecule has 23 heavy (non-hydrogen) atoms. The average molecular weight is 329 g/mol. The first-order valence-corrected chi connectivity index (χ1v) is 8.72. The lowest BCUT2D eigenvalue weighted by Gasteiger charge is -2.11. The van der Waals surface area contributed by atoms with Gasteiger partial charge >= 0.3 is 0 Å². The zero-order valence-electron chi connectivity index (χ0n) is 13.7. The molecular formula is C18H23N3OS. The van der Waals surface area contributed by atoms with Gasteiger partial charge < -0.3 is 5.32 Å². The summed E-state index contributed by atoms with van der Waals surface area (Å²) in [4.78, 5) is 20.8. The fourth-order valence-corrected chi connectivity index (χ4v) is 3.13. The zero-order chi connectivity index (χ0) is 16.7. The Hall–Kier alpha value is -2.01. The van der Waals surface area contributed by atoms with Crippen molar-refractivity contribution in [3.05, 3.63) is 46.9 Å². The number of hydrogen-bond acceptors (Lipinski definition) is 4. The van der Waals surface area contributed by atoms with Crippen molar-refractivity contribution in [3.8, 4) is 11.4 Å². The molecule has 0 fully saturated rings. The zero-order valence-corrected chi connectivity index (χ0v) is 14.5. The second-order valence-electron chi connectivity index (χ2n) is 5.80. The molecule has 1 unspecified atom stereocenters. The normalized spacial score (nSPS) is 11.9. The van der Waals surface area contributed by atoms with Gasteiger partial charge in [-0.2, -0.15) is 0 Å². The van der Waals surface area contributed by atoms with Gasteiger partial charge in [0.2, 0.25) is 5.91 Å². The smallest absolute Gasteiger partial charge is 0.223 e. The summed E-state index contributed by atoms with van der Waals surface area (Å²) >= 11 is 1.64. The van der Waals surface area contributed by atoms with E-state index in [2.05, 4.69) is 21.9 Å². The molecule has 1 amide bonds. The summed E-state index contributed by atoms with van der Waals surface area (Å²) in [6.45, 7) is 8.41. The molecule has 4 nitrogen and oxygen atoms in total. The summed E-state index contributed by atoms with van der Waals surface area (Å²) in [7, 11) is 0. The molecule has 5 heteroatoms. The van der Waals surface area contributed by atoms with Crippen molar-refractivity contribution in [2.75, 3.05) is 6.54 Å². The van der Waals surface area contributed by atoms with E-state index >= 15 is 0 Å². The number of hydrogen-bond donors (Lipinski definition) is 1. The predicted octanol–water partition coefficient (Wildman–Crippen LogP) is 3.86. The molecule has 0 aromatic carbocycles. The second kappa shape index (κ2) is 8.58. The Bertz CT molecular complexity index is 651. The van der Waals surface area contributed by atoms with Crippen LogP contribution >= 0.6 is 11.3 Å². The molecule has 0 saturated heterocycles. The van der Waals surface area contributed by atoms with Crippen LogP contribution in [-0.2, 0) is 11.2 Å². The molecule has 0 aliphatic rings. The van der Waals surface area contributed by atoms with E-state index in [-0.39, 0.29) is 11.8 Å².